The number of nitrogens with zero attached hydrogens (tertiary/aromatic N) is 3. The third-order valence-corrected chi connectivity index (χ3v) is 6.09. The smallest absolute Gasteiger partial charge is 0.151 e. The van der Waals surface area contributed by atoms with Crippen molar-refractivity contribution in [1.29, 1.82) is 0 Å². The number of sulfone groups is 1. The predicted octanol–water partition coefficient (Wildman–Crippen LogP) is 1.71. The summed E-state index contributed by atoms with van der Waals surface area (Å²) < 4.78 is 25.4. The van der Waals surface area contributed by atoms with E-state index >= 15 is 0 Å². The summed E-state index contributed by atoms with van der Waals surface area (Å²) in [5.74, 6) is 3.10. The van der Waals surface area contributed by atoms with E-state index < -0.39 is 9.84 Å². The van der Waals surface area contributed by atoms with Gasteiger partial charge in [0.15, 0.2) is 9.84 Å². The molecule has 1 saturated heterocycles. The zero-order valence-electron chi connectivity index (χ0n) is 13.7. The average molecular weight is 343 g/mol. The van der Waals surface area contributed by atoms with Crippen molar-refractivity contribution >= 4 is 9.84 Å². The Morgan fingerprint density at radius 3 is 2.75 bits per heavy atom. The maximum Gasteiger partial charge on any atom is 0.151 e. The molecule has 5 nitrogen and oxygen atoms in total. The van der Waals surface area contributed by atoms with Crippen molar-refractivity contribution in [1.82, 2.24) is 14.7 Å². The Hall–Kier alpha value is -2.10. The van der Waals surface area contributed by atoms with Gasteiger partial charge in [-0.15, -0.1) is 6.42 Å². The molecule has 2 heterocycles. The van der Waals surface area contributed by atoms with Crippen LogP contribution in [-0.4, -0.2) is 47.2 Å². The molecule has 1 aliphatic rings. The minimum Gasteiger partial charge on any atom is -0.284 e. The van der Waals surface area contributed by atoms with Crippen molar-refractivity contribution < 1.29 is 8.42 Å². The Bertz CT molecular complexity index is 850. The monoisotopic (exact) mass is 343 g/mol. The highest BCUT2D eigenvalue weighted by atomic mass is 32.2. The van der Waals surface area contributed by atoms with Gasteiger partial charge in [-0.25, -0.2) is 8.42 Å². The first-order valence-electron chi connectivity index (χ1n) is 7.94. The van der Waals surface area contributed by atoms with Crippen molar-refractivity contribution in [3.63, 3.8) is 0 Å². The first kappa shape index (κ1) is 16.7. The van der Waals surface area contributed by atoms with Crippen LogP contribution in [0.2, 0.25) is 0 Å². The van der Waals surface area contributed by atoms with Crippen LogP contribution in [0.4, 0.5) is 0 Å². The molecule has 1 aliphatic heterocycles. The Kier molecular flexibility index (Phi) is 4.74. The fraction of sp³-hybridized carbons (Fsp3) is 0.389. The maximum absolute atomic E-state index is 11.8. The summed E-state index contributed by atoms with van der Waals surface area (Å²) in [6.07, 6.45) is 8.14. The lowest BCUT2D eigenvalue weighted by Crippen LogP contribution is -2.36. The third kappa shape index (κ3) is 3.69. The average Bonchev–Trinajstić information content (AvgIpc) is 3.10. The zero-order valence-corrected chi connectivity index (χ0v) is 14.5. The molecule has 1 aromatic heterocycles. The number of rotatable bonds is 5. The molecule has 6 heteroatoms. The van der Waals surface area contributed by atoms with E-state index in [0.29, 0.717) is 19.5 Å². The van der Waals surface area contributed by atoms with E-state index in [2.05, 4.69) is 15.9 Å². The van der Waals surface area contributed by atoms with E-state index in [4.69, 9.17) is 6.42 Å². The van der Waals surface area contributed by atoms with Crippen molar-refractivity contribution in [2.45, 2.75) is 19.0 Å². The molecule has 0 amide bonds. The molecule has 24 heavy (non-hydrogen) atoms. The van der Waals surface area contributed by atoms with Gasteiger partial charge in [-0.3, -0.25) is 9.58 Å². The number of benzene rings is 1. The van der Waals surface area contributed by atoms with Crippen molar-refractivity contribution in [2.24, 2.45) is 7.05 Å². The van der Waals surface area contributed by atoms with Crippen LogP contribution in [-0.2, 0) is 23.4 Å². The summed E-state index contributed by atoms with van der Waals surface area (Å²) >= 11 is 0. The Labute approximate surface area is 143 Å². The van der Waals surface area contributed by atoms with E-state index in [1.807, 2.05) is 43.6 Å². The molecule has 1 fully saturated rings. The van der Waals surface area contributed by atoms with E-state index in [1.54, 1.807) is 4.68 Å². The van der Waals surface area contributed by atoms with Crippen LogP contribution in [0.15, 0.2) is 36.5 Å². The molecular weight excluding hydrogens is 322 g/mol. The lowest BCUT2D eigenvalue weighted by Gasteiger charge is -2.25. The first-order chi connectivity index (χ1) is 11.5. The summed E-state index contributed by atoms with van der Waals surface area (Å²) in [5.41, 5.74) is 3.03. The second kappa shape index (κ2) is 6.80. The van der Waals surface area contributed by atoms with Crippen molar-refractivity contribution in [3.05, 3.63) is 42.1 Å². The molecule has 0 N–H and O–H groups in total. The molecule has 1 atom stereocenters. The second-order valence-corrected chi connectivity index (χ2v) is 8.44. The van der Waals surface area contributed by atoms with Gasteiger partial charge in [-0.05, 0) is 6.42 Å². The van der Waals surface area contributed by atoms with Crippen LogP contribution < -0.4 is 0 Å². The summed E-state index contributed by atoms with van der Waals surface area (Å²) in [4.78, 5) is 2.08. The third-order valence-electron chi connectivity index (χ3n) is 4.34. The van der Waals surface area contributed by atoms with E-state index in [-0.39, 0.29) is 17.5 Å². The highest BCUT2D eigenvalue weighted by Crippen LogP contribution is 2.25. The number of aromatic nitrogens is 2. The maximum atomic E-state index is 11.8. The number of aryl methyl sites for hydroxylation is 1. The van der Waals surface area contributed by atoms with Gasteiger partial charge < -0.3 is 0 Å². The summed E-state index contributed by atoms with van der Waals surface area (Å²) in [6.45, 7) is 1.03. The van der Waals surface area contributed by atoms with Gasteiger partial charge in [0.05, 0.1) is 23.7 Å². The Balaban J connectivity index is 1.87. The molecule has 0 unspecified atom stereocenters. The first-order valence-corrected chi connectivity index (χ1v) is 9.76. The van der Waals surface area contributed by atoms with Gasteiger partial charge in [0, 0.05) is 37.0 Å². The lowest BCUT2D eigenvalue weighted by molar-refractivity contribution is 0.230. The van der Waals surface area contributed by atoms with Crippen LogP contribution >= 0.6 is 0 Å². The molecule has 0 radical (unpaired) electrons. The van der Waals surface area contributed by atoms with Crippen LogP contribution in [0.25, 0.3) is 11.3 Å². The van der Waals surface area contributed by atoms with Gasteiger partial charge >= 0.3 is 0 Å². The number of hydrogen-bond acceptors (Lipinski definition) is 4. The molecule has 0 aliphatic carbocycles. The molecule has 1 aromatic carbocycles. The van der Waals surface area contributed by atoms with E-state index in [0.717, 1.165) is 16.8 Å². The summed E-state index contributed by atoms with van der Waals surface area (Å²) in [6, 6.07) is 9.97. The number of hydrogen-bond donors (Lipinski definition) is 0. The molecule has 0 saturated carbocycles. The Morgan fingerprint density at radius 1 is 1.38 bits per heavy atom. The van der Waals surface area contributed by atoms with Crippen molar-refractivity contribution in [2.75, 3.05) is 18.1 Å². The fourth-order valence-electron chi connectivity index (χ4n) is 3.21. The van der Waals surface area contributed by atoms with E-state index in [1.165, 1.54) is 0 Å². The lowest BCUT2D eigenvalue weighted by atomic mass is 10.1. The van der Waals surface area contributed by atoms with Gasteiger partial charge in [0.2, 0.25) is 0 Å². The summed E-state index contributed by atoms with van der Waals surface area (Å²) in [5, 5.41) is 4.57. The largest absolute Gasteiger partial charge is 0.284 e. The zero-order chi connectivity index (χ0) is 17.2. The van der Waals surface area contributed by atoms with Gasteiger partial charge in [-0.1, -0.05) is 36.3 Å². The van der Waals surface area contributed by atoms with Gasteiger partial charge in [0.1, 0.15) is 0 Å². The Morgan fingerprint density at radius 2 is 2.12 bits per heavy atom. The standard InChI is InChI=1S/C18H21N3O2S/c1-3-10-21(17-9-11-24(22,23)14-17)13-16-12-20(2)19-18(16)15-7-5-4-6-8-15/h1,4-8,12,17H,9-11,13-14H2,2H3/t17-/m0/s1. The molecule has 126 valence electrons. The van der Waals surface area contributed by atoms with Crippen LogP contribution in [0, 0.1) is 12.3 Å². The second-order valence-electron chi connectivity index (χ2n) is 6.21. The SMILES string of the molecule is C#CCN(Cc1cn(C)nc1-c1ccccc1)[C@H]1CCS(=O)(=O)C1. The number of terminal acetylenes is 1. The highest BCUT2D eigenvalue weighted by Gasteiger charge is 2.32. The predicted molar refractivity (Wildman–Crippen MR) is 94.9 cm³/mol. The van der Waals surface area contributed by atoms with E-state index in [9.17, 15) is 8.42 Å². The molecule has 0 spiro atoms. The van der Waals surface area contributed by atoms with Crippen molar-refractivity contribution in [3.8, 4) is 23.6 Å². The molecular formula is C18H21N3O2S. The van der Waals surface area contributed by atoms with Crippen LogP contribution in [0.3, 0.4) is 0 Å². The van der Waals surface area contributed by atoms with Gasteiger partial charge in [-0.2, -0.15) is 5.10 Å². The van der Waals surface area contributed by atoms with Crippen LogP contribution in [0.1, 0.15) is 12.0 Å². The molecule has 0 bridgehead atoms. The normalized spacial score (nSPS) is 19.5. The fourth-order valence-corrected chi connectivity index (χ4v) is 4.97. The topological polar surface area (TPSA) is 55.2 Å². The summed E-state index contributed by atoms with van der Waals surface area (Å²) in [7, 11) is -1.05. The minimum atomic E-state index is -2.94. The minimum absolute atomic E-state index is 0.0186. The quantitative estimate of drug-likeness (QED) is 0.776. The molecule has 2 aromatic rings. The highest BCUT2D eigenvalue weighted by molar-refractivity contribution is 7.91. The van der Waals surface area contributed by atoms with Crippen LogP contribution in [0.5, 0.6) is 0 Å². The van der Waals surface area contributed by atoms with Gasteiger partial charge in [0.25, 0.3) is 0 Å². The molecule has 3 rings (SSSR count).